The summed E-state index contributed by atoms with van der Waals surface area (Å²) in [6.07, 6.45) is 7.92. The SMILES string of the molecule is O=C(CCN1C(=O)C=CC1=O)NCCCCCC(=O)Nc1ccc(O)c(/C=C/CO)c1. The highest BCUT2D eigenvalue weighted by molar-refractivity contribution is 6.13. The smallest absolute Gasteiger partial charge is 0.253 e. The van der Waals surface area contributed by atoms with Crippen molar-refractivity contribution in [2.45, 2.75) is 32.1 Å². The Morgan fingerprint density at radius 3 is 2.45 bits per heavy atom. The number of carbonyl (C=O) groups excluding carboxylic acids is 4. The first-order valence-corrected chi connectivity index (χ1v) is 10.1. The molecule has 1 aromatic rings. The second kappa shape index (κ2) is 12.3. The average Bonchev–Trinajstić information content (AvgIpc) is 3.06. The molecule has 0 atom stereocenters. The Balaban J connectivity index is 1.58. The fraction of sp³-hybridized carbons (Fsp3) is 0.364. The second-order valence-corrected chi connectivity index (χ2v) is 6.98. The molecule has 0 unspecified atom stereocenters. The van der Waals surface area contributed by atoms with Gasteiger partial charge in [-0.2, -0.15) is 0 Å². The van der Waals surface area contributed by atoms with Crippen molar-refractivity contribution in [3.05, 3.63) is 42.0 Å². The van der Waals surface area contributed by atoms with Crippen molar-refractivity contribution in [1.29, 1.82) is 0 Å². The van der Waals surface area contributed by atoms with E-state index in [0.29, 0.717) is 37.1 Å². The zero-order chi connectivity index (χ0) is 22.6. The van der Waals surface area contributed by atoms with E-state index in [-0.39, 0.29) is 37.1 Å². The van der Waals surface area contributed by atoms with Crippen molar-refractivity contribution in [3.63, 3.8) is 0 Å². The molecule has 9 nitrogen and oxygen atoms in total. The van der Waals surface area contributed by atoms with E-state index in [9.17, 15) is 24.3 Å². The van der Waals surface area contributed by atoms with Gasteiger partial charge in [0, 0.05) is 49.3 Å². The van der Waals surface area contributed by atoms with Crippen LogP contribution in [-0.2, 0) is 19.2 Å². The molecule has 31 heavy (non-hydrogen) atoms. The number of anilines is 1. The van der Waals surface area contributed by atoms with Crippen molar-refractivity contribution in [3.8, 4) is 5.75 Å². The van der Waals surface area contributed by atoms with Crippen LogP contribution in [0.4, 0.5) is 5.69 Å². The molecule has 4 amide bonds. The molecular formula is C22H27N3O6. The fourth-order valence-corrected chi connectivity index (χ4v) is 2.94. The highest BCUT2D eigenvalue weighted by Gasteiger charge is 2.23. The molecule has 2 rings (SSSR count). The number of rotatable bonds is 12. The number of nitrogens with zero attached hydrogens (tertiary/aromatic N) is 1. The number of imide groups is 1. The van der Waals surface area contributed by atoms with Crippen molar-refractivity contribution in [1.82, 2.24) is 10.2 Å². The number of hydrogen-bond donors (Lipinski definition) is 4. The van der Waals surface area contributed by atoms with Gasteiger partial charge in [-0.15, -0.1) is 0 Å². The first-order valence-electron chi connectivity index (χ1n) is 10.1. The number of carbonyl (C=O) groups is 4. The van der Waals surface area contributed by atoms with E-state index >= 15 is 0 Å². The highest BCUT2D eigenvalue weighted by Crippen LogP contribution is 2.23. The minimum atomic E-state index is -0.402. The van der Waals surface area contributed by atoms with Gasteiger partial charge in [-0.3, -0.25) is 24.1 Å². The van der Waals surface area contributed by atoms with Gasteiger partial charge in [0.1, 0.15) is 5.75 Å². The lowest BCUT2D eigenvalue weighted by Crippen LogP contribution is -2.34. The highest BCUT2D eigenvalue weighted by atomic mass is 16.3. The van der Waals surface area contributed by atoms with E-state index in [0.717, 1.165) is 11.3 Å². The molecule has 0 fully saturated rings. The minimum absolute atomic E-state index is 0.0556. The van der Waals surface area contributed by atoms with Gasteiger partial charge in [0.05, 0.1) is 6.61 Å². The third kappa shape index (κ3) is 8.06. The lowest BCUT2D eigenvalue weighted by molar-refractivity contribution is -0.137. The summed E-state index contributed by atoms with van der Waals surface area (Å²) in [5.74, 6) is -1.13. The Morgan fingerprint density at radius 2 is 1.74 bits per heavy atom. The Hall–Kier alpha value is -3.46. The number of aliphatic hydroxyl groups is 1. The number of unbranched alkanes of at least 4 members (excludes halogenated alkanes) is 2. The predicted octanol–water partition coefficient (Wildman–Crippen LogP) is 1.33. The molecule has 0 aliphatic carbocycles. The molecule has 166 valence electrons. The maximum Gasteiger partial charge on any atom is 0.253 e. The van der Waals surface area contributed by atoms with Crippen LogP contribution in [0.1, 0.15) is 37.7 Å². The van der Waals surface area contributed by atoms with Crippen LogP contribution < -0.4 is 10.6 Å². The van der Waals surface area contributed by atoms with Crippen molar-refractivity contribution >= 4 is 35.4 Å². The van der Waals surface area contributed by atoms with Crippen LogP contribution in [-0.4, -0.2) is 58.4 Å². The summed E-state index contributed by atoms with van der Waals surface area (Å²) in [5.41, 5.74) is 1.05. The molecular weight excluding hydrogens is 402 g/mol. The van der Waals surface area contributed by atoms with E-state index in [1.54, 1.807) is 18.2 Å². The Morgan fingerprint density at radius 1 is 1.00 bits per heavy atom. The van der Waals surface area contributed by atoms with Crippen LogP contribution in [0.3, 0.4) is 0 Å². The molecule has 0 bridgehead atoms. The predicted molar refractivity (Wildman–Crippen MR) is 115 cm³/mol. The number of nitrogens with one attached hydrogen (secondary N) is 2. The molecule has 0 saturated carbocycles. The molecule has 1 aliphatic heterocycles. The van der Waals surface area contributed by atoms with Gasteiger partial charge in [0.2, 0.25) is 11.8 Å². The standard InChI is InChI=1S/C22H27N3O6/c26-14-4-5-16-15-17(7-8-18(16)27)24-20(29)6-2-1-3-12-23-19(28)11-13-25-21(30)9-10-22(25)31/h4-5,7-10,15,26-27H,1-3,6,11-14H2,(H,23,28)(H,24,29)/b5-4+. The molecule has 0 saturated heterocycles. The molecule has 4 N–H and O–H groups in total. The Bertz CT molecular complexity index is 860. The second-order valence-electron chi connectivity index (χ2n) is 6.98. The molecule has 1 heterocycles. The normalized spacial score (nSPS) is 13.3. The number of benzene rings is 1. The average molecular weight is 429 g/mol. The van der Waals surface area contributed by atoms with E-state index < -0.39 is 11.8 Å². The maximum absolute atomic E-state index is 12.1. The quantitative estimate of drug-likeness (QED) is 0.225. The van der Waals surface area contributed by atoms with Gasteiger partial charge in [0.25, 0.3) is 11.8 Å². The van der Waals surface area contributed by atoms with Gasteiger partial charge in [-0.05, 0) is 31.0 Å². The fourth-order valence-electron chi connectivity index (χ4n) is 2.94. The van der Waals surface area contributed by atoms with Crippen LogP contribution in [0, 0.1) is 0 Å². The minimum Gasteiger partial charge on any atom is -0.507 e. The topological polar surface area (TPSA) is 136 Å². The van der Waals surface area contributed by atoms with E-state index in [2.05, 4.69) is 10.6 Å². The van der Waals surface area contributed by atoms with Crippen molar-refractivity contribution < 1.29 is 29.4 Å². The summed E-state index contributed by atoms with van der Waals surface area (Å²) in [6, 6.07) is 4.69. The zero-order valence-corrected chi connectivity index (χ0v) is 17.2. The summed E-state index contributed by atoms with van der Waals surface area (Å²) in [7, 11) is 0. The lowest BCUT2D eigenvalue weighted by Gasteiger charge is -2.13. The van der Waals surface area contributed by atoms with Crippen LogP contribution in [0.15, 0.2) is 36.4 Å². The number of amides is 4. The lowest BCUT2D eigenvalue weighted by atomic mass is 10.1. The number of phenolic OH excluding ortho intramolecular Hbond substituents is 1. The van der Waals surface area contributed by atoms with Crippen molar-refractivity contribution in [2.75, 3.05) is 25.0 Å². The molecule has 1 aromatic carbocycles. The van der Waals surface area contributed by atoms with Crippen LogP contribution in [0.2, 0.25) is 0 Å². The van der Waals surface area contributed by atoms with E-state index in [1.165, 1.54) is 24.3 Å². The summed E-state index contributed by atoms with van der Waals surface area (Å²) in [5, 5.41) is 24.1. The molecule has 0 aromatic heterocycles. The molecule has 0 spiro atoms. The first-order chi connectivity index (χ1) is 14.9. The molecule has 9 heteroatoms. The number of phenols is 1. The summed E-state index contributed by atoms with van der Waals surface area (Å²) in [6.45, 7) is 0.371. The third-order valence-electron chi connectivity index (χ3n) is 4.58. The summed E-state index contributed by atoms with van der Waals surface area (Å²) >= 11 is 0. The third-order valence-corrected chi connectivity index (χ3v) is 4.58. The van der Waals surface area contributed by atoms with Crippen LogP contribution >= 0.6 is 0 Å². The zero-order valence-electron chi connectivity index (χ0n) is 17.2. The van der Waals surface area contributed by atoms with Crippen LogP contribution in [0.5, 0.6) is 5.75 Å². The van der Waals surface area contributed by atoms with Gasteiger partial charge in [-0.1, -0.05) is 18.6 Å². The Labute approximate surface area is 180 Å². The Kier molecular flexibility index (Phi) is 9.44. The largest absolute Gasteiger partial charge is 0.507 e. The van der Waals surface area contributed by atoms with Gasteiger partial charge in [0.15, 0.2) is 0 Å². The summed E-state index contributed by atoms with van der Waals surface area (Å²) in [4.78, 5) is 47.7. The first kappa shape index (κ1) is 23.8. The molecule has 0 radical (unpaired) electrons. The monoisotopic (exact) mass is 429 g/mol. The maximum atomic E-state index is 12.1. The van der Waals surface area contributed by atoms with E-state index in [1.807, 2.05) is 0 Å². The molecule has 1 aliphatic rings. The van der Waals surface area contributed by atoms with Crippen molar-refractivity contribution in [2.24, 2.45) is 0 Å². The number of hydrogen-bond acceptors (Lipinski definition) is 6. The van der Waals surface area contributed by atoms with E-state index in [4.69, 9.17) is 5.11 Å². The summed E-state index contributed by atoms with van der Waals surface area (Å²) < 4.78 is 0. The van der Waals surface area contributed by atoms with Crippen LogP contribution in [0.25, 0.3) is 6.08 Å². The number of aromatic hydroxyl groups is 1. The van der Waals surface area contributed by atoms with Gasteiger partial charge < -0.3 is 20.8 Å². The van der Waals surface area contributed by atoms with Gasteiger partial charge in [-0.25, -0.2) is 0 Å². The number of aliphatic hydroxyl groups excluding tert-OH is 1. The van der Waals surface area contributed by atoms with Gasteiger partial charge >= 0.3 is 0 Å².